The number of allylic oxidation sites excluding steroid dienone is 1. The first-order chi connectivity index (χ1) is 15.0. The molecule has 3 unspecified atom stereocenters. The highest BCUT2D eigenvalue weighted by molar-refractivity contribution is 5.91. The summed E-state index contributed by atoms with van der Waals surface area (Å²) in [6.45, 7) is 8.73. The second kappa shape index (κ2) is 12.2. The van der Waals surface area contributed by atoms with Crippen molar-refractivity contribution < 1.29 is 28.8 Å². The van der Waals surface area contributed by atoms with Crippen LogP contribution in [0.25, 0.3) is 0 Å². The van der Waals surface area contributed by atoms with Crippen molar-refractivity contribution in [3.63, 3.8) is 0 Å². The minimum atomic E-state index is -0.447. The van der Waals surface area contributed by atoms with Crippen LogP contribution in [0.3, 0.4) is 0 Å². The van der Waals surface area contributed by atoms with Crippen LogP contribution in [0.5, 0.6) is 0 Å². The molecule has 0 aromatic heterocycles. The van der Waals surface area contributed by atoms with E-state index in [1.165, 1.54) is 19.3 Å². The average Bonchev–Trinajstić information content (AvgIpc) is 3.37. The Morgan fingerprint density at radius 3 is 2.58 bits per heavy atom. The summed E-state index contributed by atoms with van der Waals surface area (Å²) in [6.07, 6.45) is 7.26. The Kier molecular flexibility index (Phi) is 9.63. The molecule has 0 spiro atoms. The van der Waals surface area contributed by atoms with Gasteiger partial charge in [0.1, 0.15) is 0 Å². The summed E-state index contributed by atoms with van der Waals surface area (Å²) in [7, 11) is 0. The van der Waals surface area contributed by atoms with Gasteiger partial charge in [0, 0.05) is 25.2 Å². The molecule has 2 N–H and O–H groups in total. The van der Waals surface area contributed by atoms with Crippen molar-refractivity contribution in [3.8, 4) is 0 Å². The first-order valence-corrected chi connectivity index (χ1v) is 12.1. The van der Waals surface area contributed by atoms with Crippen LogP contribution in [0, 0.1) is 29.6 Å². The Balaban J connectivity index is 1.57. The van der Waals surface area contributed by atoms with E-state index >= 15 is 0 Å². The van der Waals surface area contributed by atoms with Gasteiger partial charge in [-0.15, -0.1) is 0 Å². The third-order valence-corrected chi connectivity index (χ3v) is 7.01. The summed E-state index contributed by atoms with van der Waals surface area (Å²) in [6, 6.07) is 0.290. The molecule has 2 aliphatic carbocycles. The zero-order valence-corrected chi connectivity index (χ0v) is 19.4. The van der Waals surface area contributed by atoms with Gasteiger partial charge in [-0.3, -0.25) is 4.79 Å². The quantitative estimate of drug-likeness (QED) is 0.429. The lowest BCUT2D eigenvalue weighted by atomic mass is 9.79. The van der Waals surface area contributed by atoms with Crippen LogP contribution in [0.4, 0.5) is 0 Å². The van der Waals surface area contributed by atoms with Crippen LogP contribution in [0.2, 0.25) is 0 Å². The third kappa shape index (κ3) is 6.67. The second-order valence-electron chi connectivity index (χ2n) is 9.45. The number of hydrogen-bond acceptors (Lipinski definition) is 6. The summed E-state index contributed by atoms with van der Waals surface area (Å²) in [5.74, 6) is 2.40. The van der Waals surface area contributed by atoms with E-state index in [1.54, 1.807) is 0 Å². The molecule has 2 saturated carbocycles. The molecule has 1 heterocycles. The molecule has 6 atom stereocenters. The Morgan fingerprint density at radius 2 is 1.97 bits per heavy atom. The highest BCUT2D eigenvalue weighted by Gasteiger charge is 2.42. The number of carbonyl (C=O) groups is 1. The SMILES string of the molecule is CCO[C@@H]1OC(C(=O)NC2CC3CCC2C3)=C[C@H](C(C)C)[C@@H]1CCOCCOCCO. The van der Waals surface area contributed by atoms with Gasteiger partial charge in [0.15, 0.2) is 5.76 Å². The fourth-order valence-electron chi connectivity index (χ4n) is 5.47. The summed E-state index contributed by atoms with van der Waals surface area (Å²) >= 11 is 0. The van der Waals surface area contributed by atoms with Crippen LogP contribution in [-0.4, -0.2) is 63.0 Å². The van der Waals surface area contributed by atoms with Crippen molar-refractivity contribution in [2.45, 2.75) is 65.2 Å². The van der Waals surface area contributed by atoms with Crippen molar-refractivity contribution >= 4 is 5.91 Å². The predicted octanol–water partition coefficient (Wildman–Crippen LogP) is 2.87. The lowest BCUT2D eigenvalue weighted by molar-refractivity contribution is -0.177. The molecule has 7 heteroatoms. The van der Waals surface area contributed by atoms with Gasteiger partial charge < -0.3 is 29.4 Å². The molecule has 0 radical (unpaired) electrons. The number of aliphatic hydroxyl groups excluding tert-OH is 1. The van der Waals surface area contributed by atoms with Crippen molar-refractivity contribution in [1.82, 2.24) is 5.32 Å². The number of ether oxygens (including phenoxy) is 4. The predicted molar refractivity (Wildman–Crippen MR) is 117 cm³/mol. The molecule has 31 heavy (non-hydrogen) atoms. The molecule has 0 aromatic carbocycles. The topological polar surface area (TPSA) is 86.3 Å². The smallest absolute Gasteiger partial charge is 0.286 e. The van der Waals surface area contributed by atoms with E-state index in [9.17, 15) is 4.79 Å². The van der Waals surface area contributed by atoms with Gasteiger partial charge in [-0.2, -0.15) is 0 Å². The summed E-state index contributed by atoms with van der Waals surface area (Å²) < 4.78 is 23.0. The normalized spacial score (nSPS) is 32.2. The summed E-state index contributed by atoms with van der Waals surface area (Å²) in [4.78, 5) is 13.0. The lowest BCUT2D eigenvalue weighted by Gasteiger charge is -2.38. The van der Waals surface area contributed by atoms with Gasteiger partial charge in [-0.1, -0.05) is 20.3 Å². The summed E-state index contributed by atoms with van der Waals surface area (Å²) in [5.41, 5.74) is 0. The molecule has 2 bridgehead atoms. The van der Waals surface area contributed by atoms with Crippen molar-refractivity contribution in [2.75, 3.05) is 39.6 Å². The third-order valence-electron chi connectivity index (χ3n) is 7.01. The minimum absolute atomic E-state index is 0.0236. The van der Waals surface area contributed by atoms with E-state index in [-0.39, 0.29) is 30.4 Å². The molecule has 0 aromatic rings. The zero-order chi connectivity index (χ0) is 22.2. The maximum Gasteiger partial charge on any atom is 0.286 e. The van der Waals surface area contributed by atoms with Crippen molar-refractivity contribution in [2.24, 2.45) is 29.6 Å². The zero-order valence-electron chi connectivity index (χ0n) is 19.4. The molecular weight excluding hydrogens is 398 g/mol. The fourth-order valence-corrected chi connectivity index (χ4v) is 5.47. The number of rotatable bonds is 13. The van der Waals surface area contributed by atoms with Gasteiger partial charge in [-0.25, -0.2) is 0 Å². The number of fused-ring (bicyclic) bond motifs is 2. The van der Waals surface area contributed by atoms with E-state index in [1.807, 2.05) is 13.0 Å². The number of aliphatic hydroxyl groups is 1. The number of amides is 1. The maximum absolute atomic E-state index is 13.0. The van der Waals surface area contributed by atoms with E-state index in [0.717, 1.165) is 18.8 Å². The maximum atomic E-state index is 13.0. The van der Waals surface area contributed by atoms with E-state index in [0.29, 0.717) is 50.6 Å². The first-order valence-electron chi connectivity index (χ1n) is 12.1. The van der Waals surface area contributed by atoms with E-state index in [4.69, 9.17) is 24.1 Å². The Bertz CT molecular complexity index is 595. The lowest BCUT2D eigenvalue weighted by Crippen LogP contribution is -2.44. The Hall–Kier alpha value is -1.15. The number of nitrogens with one attached hydrogen (secondary N) is 1. The Morgan fingerprint density at radius 1 is 1.19 bits per heavy atom. The van der Waals surface area contributed by atoms with Crippen molar-refractivity contribution in [3.05, 3.63) is 11.8 Å². The van der Waals surface area contributed by atoms with Crippen molar-refractivity contribution in [1.29, 1.82) is 0 Å². The monoisotopic (exact) mass is 439 g/mol. The van der Waals surface area contributed by atoms with Gasteiger partial charge in [0.05, 0.1) is 26.4 Å². The van der Waals surface area contributed by atoms with Crippen LogP contribution in [-0.2, 0) is 23.7 Å². The van der Waals surface area contributed by atoms with Gasteiger partial charge in [0.25, 0.3) is 5.91 Å². The minimum Gasteiger partial charge on any atom is -0.459 e. The van der Waals surface area contributed by atoms with Crippen LogP contribution in [0.15, 0.2) is 11.8 Å². The molecule has 0 saturated heterocycles. The van der Waals surface area contributed by atoms with Crippen LogP contribution >= 0.6 is 0 Å². The number of hydrogen-bond donors (Lipinski definition) is 2. The second-order valence-corrected chi connectivity index (χ2v) is 9.45. The first kappa shape index (κ1) is 24.5. The highest BCUT2D eigenvalue weighted by Crippen LogP contribution is 2.44. The van der Waals surface area contributed by atoms with E-state index < -0.39 is 6.29 Å². The molecule has 2 fully saturated rings. The molecule has 1 amide bonds. The summed E-state index contributed by atoms with van der Waals surface area (Å²) in [5, 5.41) is 12.0. The molecule has 3 rings (SSSR count). The standard InChI is InChI=1S/C24H41NO6/c1-4-30-24-19(7-9-28-11-12-29-10-8-26)20(16(2)3)15-22(31-24)23(27)25-21-14-17-5-6-18(21)13-17/h15-21,24,26H,4-14H2,1-3H3,(H,25,27)/t17?,18?,19-,20+,21?,24+/m0/s1. The van der Waals surface area contributed by atoms with Gasteiger partial charge in [0.2, 0.25) is 6.29 Å². The molecule has 3 aliphatic rings. The number of carbonyl (C=O) groups excluding carboxylic acids is 1. The Labute approximate surface area is 186 Å². The molecule has 1 aliphatic heterocycles. The fraction of sp³-hybridized carbons (Fsp3) is 0.875. The van der Waals surface area contributed by atoms with E-state index in [2.05, 4.69) is 19.2 Å². The van der Waals surface area contributed by atoms with Gasteiger partial charge >= 0.3 is 0 Å². The largest absolute Gasteiger partial charge is 0.459 e. The highest BCUT2D eigenvalue weighted by atomic mass is 16.7. The van der Waals surface area contributed by atoms with Gasteiger partial charge in [-0.05, 0) is 62.4 Å². The van der Waals surface area contributed by atoms with Crippen LogP contribution < -0.4 is 5.32 Å². The average molecular weight is 440 g/mol. The molecular formula is C24H41NO6. The van der Waals surface area contributed by atoms with Crippen LogP contribution in [0.1, 0.15) is 52.9 Å². The molecule has 178 valence electrons. The molecule has 7 nitrogen and oxygen atoms in total.